The van der Waals surface area contributed by atoms with E-state index in [9.17, 15) is 18.0 Å². The fraction of sp³-hybridized carbons (Fsp3) is 0.500. The Hall–Kier alpha value is -2.91. The molecule has 1 aliphatic rings. The van der Waals surface area contributed by atoms with Crippen LogP contribution in [-0.4, -0.2) is 41.7 Å². The van der Waals surface area contributed by atoms with Gasteiger partial charge in [-0.1, -0.05) is 0 Å². The van der Waals surface area contributed by atoms with E-state index < -0.39 is 24.0 Å². The van der Waals surface area contributed by atoms with Crippen molar-refractivity contribution in [3.8, 4) is 0 Å². The molecule has 0 radical (unpaired) electrons. The van der Waals surface area contributed by atoms with Crippen LogP contribution in [-0.2, 0) is 11.0 Å². The van der Waals surface area contributed by atoms with Gasteiger partial charge in [0.05, 0.1) is 11.7 Å². The highest BCUT2D eigenvalue weighted by atomic mass is 19.4. The Bertz CT molecular complexity index is 1090. The van der Waals surface area contributed by atoms with E-state index in [1.54, 1.807) is 28.8 Å². The molecule has 4 rings (SSSR count). The third kappa shape index (κ3) is 3.54. The number of nitrogens with zero attached hydrogens (tertiary/aromatic N) is 6. The van der Waals surface area contributed by atoms with Crippen LogP contribution in [0.5, 0.6) is 0 Å². The van der Waals surface area contributed by atoms with Crippen LogP contribution in [0.1, 0.15) is 61.0 Å². The maximum Gasteiger partial charge on any atom is 0.433 e. The molecule has 7 nitrogen and oxygen atoms in total. The fourth-order valence-electron chi connectivity index (χ4n) is 4.12. The molecule has 0 aromatic carbocycles. The number of amides is 1. The minimum atomic E-state index is -4.55. The number of rotatable bonds is 3. The Morgan fingerprint density at radius 2 is 2.00 bits per heavy atom. The lowest BCUT2D eigenvalue weighted by Gasteiger charge is -2.36. The van der Waals surface area contributed by atoms with E-state index in [1.165, 1.54) is 6.92 Å². The highest BCUT2D eigenvalue weighted by Gasteiger charge is 2.37. The normalized spacial score (nSPS) is 18.7. The molecule has 10 heteroatoms. The Kier molecular flexibility index (Phi) is 5.03. The van der Waals surface area contributed by atoms with Crippen LogP contribution in [0.4, 0.5) is 13.2 Å². The summed E-state index contributed by atoms with van der Waals surface area (Å²) in [4.78, 5) is 19.2. The van der Waals surface area contributed by atoms with Gasteiger partial charge in [-0.3, -0.25) is 9.48 Å². The zero-order chi connectivity index (χ0) is 21.6. The maximum absolute atomic E-state index is 13.5. The van der Waals surface area contributed by atoms with Gasteiger partial charge in [0, 0.05) is 30.2 Å². The number of piperidine rings is 1. The van der Waals surface area contributed by atoms with Gasteiger partial charge in [-0.2, -0.15) is 23.4 Å². The first-order chi connectivity index (χ1) is 14.2. The van der Waals surface area contributed by atoms with Crippen LogP contribution >= 0.6 is 0 Å². The first kappa shape index (κ1) is 20.4. The summed E-state index contributed by atoms with van der Waals surface area (Å²) in [6, 6.07) is 3.46. The van der Waals surface area contributed by atoms with Crippen LogP contribution in [0.3, 0.4) is 0 Å². The molecule has 160 valence electrons. The first-order valence-corrected chi connectivity index (χ1v) is 9.92. The fourth-order valence-corrected chi connectivity index (χ4v) is 4.12. The van der Waals surface area contributed by atoms with Crippen LogP contribution in [0, 0.1) is 13.8 Å². The zero-order valence-corrected chi connectivity index (χ0v) is 17.0. The van der Waals surface area contributed by atoms with Crippen molar-refractivity contribution < 1.29 is 18.0 Å². The van der Waals surface area contributed by atoms with E-state index >= 15 is 0 Å². The molecule has 3 aromatic rings. The Morgan fingerprint density at radius 1 is 1.23 bits per heavy atom. The predicted octanol–water partition coefficient (Wildman–Crippen LogP) is 3.88. The number of carbonyl (C=O) groups excluding carboxylic acids is 1. The number of halogens is 3. The highest BCUT2D eigenvalue weighted by Crippen LogP contribution is 2.34. The van der Waals surface area contributed by atoms with Crippen LogP contribution in [0.2, 0.25) is 0 Å². The monoisotopic (exact) mass is 420 g/mol. The number of carbonyl (C=O) groups is 1. The van der Waals surface area contributed by atoms with Crippen molar-refractivity contribution in [2.45, 2.75) is 58.3 Å². The summed E-state index contributed by atoms with van der Waals surface area (Å²) in [5.74, 6) is -0.122. The van der Waals surface area contributed by atoms with E-state index in [1.807, 2.05) is 13.0 Å². The summed E-state index contributed by atoms with van der Waals surface area (Å²) in [5, 5.41) is 8.46. The standard InChI is InChI=1S/C20H23F3N6O/c1-12-10-17(20(21,22)23)29-18(25-12)11-15(26-29)16-6-4-5-9-27(16)19(30)14(3)28-13(2)7-8-24-28/h7-8,10-11,14,16H,4-6,9H2,1-3H3/t14-,16+/m0/s1. The van der Waals surface area contributed by atoms with Crippen molar-refractivity contribution >= 4 is 11.6 Å². The minimum absolute atomic E-state index is 0.122. The third-order valence-corrected chi connectivity index (χ3v) is 5.58. The Labute approximate surface area is 171 Å². The van der Waals surface area contributed by atoms with Crippen molar-refractivity contribution in [1.82, 2.24) is 29.3 Å². The molecule has 0 aliphatic carbocycles. The number of aromatic nitrogens is 5. The van der Waals surface area contributed by atoms with Crippen LogP contribution in [0.15, 0.2) is 24.4 Å². The van der Waals surface area contributed by atoms with Gasteiger partial charge in [0.1, 0.15) is 11.7 Å². The molecule has 30 heavy (non-hydrogen) atoms. The van der Waals surface area contributed by atoms with Gasteiger partial charge in [0.15, 0.2) is 5.65 Å². The number of alkyl halides is 3. The Morgan fingerprint density at radius 3 is 2.67 bits per heavy atom. The van der Waals surface area contributed by atoms with E-state index in [4.69, 9.17) is 0 Å². The predicted molar refractivity (Wildman–Crippen MR) is 103 cm³/mol. The average Bonchev–Trinajstić information content (AvgIpc) is 3.31. The molecular formula is C20H23F3N6O. The van der Waals surface area contributed by atoms with Crippen molar-refractivity contribution in [3.63, 3.8) is 0 Å². The lowest BCUT2D eigenvalue weighted by atomic mass is 9.98. The molecule has 0 saturated carbocycles. The SMILES string of the molecule is Cc1cc(C(F)(F)F)n2nc([C@H]3CCCCN3C(=O)[C@H](C)n3nccc3C)cc2n1. The molecule has 3 aromatic heterocycles. The second-order valence-electron chi connectivity index (χ2n) is 7.76. The van der Waals surface area contributed by atoms with Gasteiger partial charge in [-0.15, -0.1) is 0 Å². The molecule has 1 amide bonds. The first-order valence-electron chi connectivity index (χ1n) is 9.92. The maximum atomic E-state index is 13.5. The summed E-state index contributed by atoms with van der Waals surface area (Å²) >= 11 is 0. The molecule has 1 saturated heterocycles. The van der Waals surface area contributed by atoms with Crippen molar-refractivity contribution in [2.75, 3.05) is 6.54 Å². The second-order valence-corrected chi connectivity index (χ2v) is 7.76. The summed E-state index contributed by atoms with van der Waals surface area (Å²) in [6.07, 6.45) is -0.562. The average molecular weight is 420 g/mol. The number of fused-ring (bicyclic) bond motifs is 1. The van der Waals surface area contributed by atoms with E-state index in [-0.39, 0.29) is 17.2 Å². The second kappa shape index (κ2) is 7.41. The Balaban J connectivity index is 1.72. The zero-order valence-electron chi connectivity index (χ0n) is 17.0. The number of hydrogen-bond acceptors (Lipinski definition) is 4. The van der Waals surface area contributed by atoms with E-state index in [0.717, 1.165) is 29.1 Å². The highest BCUT2D eigenvalue weighted by molar-refractivity contribution is 5.80. The minimum Gasteiger partial charge on any atom is -0.332 e. The van der Waals surface area contributed by atoms with Gasteiger partial charge in [-0.05, 0) is 52.2 Å². The molecule has 1 fully saturated rings. The van der Waals surface area contributed by atoms with Crippen LogP contribution < -0.4 is 0 Å². The van der Waals surface area contributed by atoms with Gasteiger partial charge in [0.25, 0.3) is 0 Å². The van der Waals surface area contributed by atoms with Crippen molar-refractivity contribution in [2.24, 2.45) is 0 Å². The summed E-state index contributed by atoms with van der Waals surface area (Å²) < 4.78 is 43.0. The molecule has 4 heterocycles. The summed E-state index contributed by atoms with van der Waals surface area (Å²) in [6.45, 7) is 5.71. The van der Waals surface area contributed by atoms with Crippen molar-refractivity contribution in [3.05, 3.63) is 47.2 Å². The topological polar surface area (TPSA) is 68.3 Å². The summed E-state index contributed by atoms with van der Waals surface area (Å²) in [5.41, 5.74) is 0.819. The molecule has 0 bridgehead atoms. The third-order valence-electron chi connectivity index (χ3n) is 5.58. The lowest BCUT2D eigenvalue weighted by molar-refractivity contribution is -0.143. The number of aryl methyl sites for hydroxylation is 2. The van der Waals surface area contributed by atoms with Gasteiger partial charge >= 0.3 is 6.18 Å². The number of likely N-dealkylation sites (tertiary alicyclic amines) is 1. The smallest absolute Gasteiger partial charge is 0.332 e. The van der Waals surface area contributed by atoms with Gasteiger partial charge in [0.2, 0.25) is 5.91 Å². The van der Waals surface area contributed by atoms with Crippen molar-refractivity contribution in [1.29, 1.82) is 0 Å². The quantitative estimate of drug-likeness (QED) is 0.645. The molecular weight excluding hydrogens is 397 g/mol. The lowest BCUT2D eigenvalue weighted by Crippen LogP contribution is -2.42. The summed E-state index contributed by atoms with van der Waals surface area (Å²) in [7, 11) is 0. The molecule has 1 aliphatic heterocycles. The van der Waals surface area contributed by atoms with E-state index in [0.29, 0.717) is 18.7 Å². The van der Waals surface area contributed by atoms with Gasteiger partial charge < -0.3 is 4.90 Å². The van der Waals surface area contributed by atoms with Gasteiger partial charge in [-0.25, -0.2) is 9.50 Å². The largest absolute Gasteiger partial charge is 0.433 e. The van der Waals surface area contributed by atoms with E-state index in [2.05, 4.69) is 15.2 Å². The molecule has 0 unspecified atom stereocenters. The number of hydrogen-bond donors (Lipinski definition) is 0. The molecule has 0 spiro atoms. The van der Waals surface area contributed by atoms with Crippen LogP contribution in [0.25, 0.3) is 5.65 Å². The molecule has 2 atom stereocenters. The molecule has 0 N–H and O–H groups in total.